The zero-order valence-electron chi connectivity index (χ0n) is 32.5. The zero-order chi connectivity index (χ0) is 45.2. The van der Waals surface area contributed by atoms with Crippen molar-refractivity contribution in [2.45, 2.75) is 44.8 Å². The van der Waals surface area contributed by atoms with Crippen LogP contribution in [-0.4, -0.2) is 143 Å². The van der Waals surface area contributed by atoms with Gasteiger partial charge in [0.15, 0.2) is 39.6 Å². The second kappa shape index (κ2) is 20.4. The van der Waals surface area contributed by atoms with E-state index in [1.165, 1.54) is 50.4 Å². The maximum absolute atomic E-state index is 13.5. The van der Waals surface area contributed by atoms with Crippen LogP contribution in [0.2, 0.25) is 0 Å². The number of nitrogens with two attached hydrogens (primary N) is 1. The number of Topliss-reactive ketones (excluding diaryl/α,β-unsaturated/α-hetero) is 1. The predicted molar refractivity (Wildman–Crippen MR) is 219 cm³/mol. The van der Waals surface area contributed by atoms with Gasteiger partial charge in [-0.1, -0.05) is 28.6 Å². The number of nitrogens with one attached hydrogen (secondary N) is 2. The minimum Gasteiger partial charge on any atom is -0.504 e. The van der Waals surface area contributed by atoms with E-state index in [0.717, 1.165) is 34.1 Å². The van der Waals surface area contributed by atoms with Gasteiger partial charge in [0, 0.05) is 43.8 Å². The summed E-state index contributed by atoms with van der Waals surface area (Å²) >= 11 is 1.88. The van der Waals surface area contributed by atoms with Crippen LogP contribution in [0.5, 0.6) is 23.0 Å². The van der Waals surface area contributed by atoms with E-state index in [9.17, 15) is 67.3 Å². The van der Waals surface area contributed by atoms with E-state index < -0.39 is 105 Å². The summed E-state index contributed by atoms with van der Waals surface area (Å²) in [5, 5.41) is 58.2. The van der Waals surface area contributed by atoms with Crippen molar-refractivity contribution in [2.75, 3.05) is 43.4 Å². The number of para-hydroxylation sites is 2. The Morgan fingerprint density at radius 1 is 1.00 bits per heavy atom. The van der Waals surface area contributed by atoms with Crippen molar-refractivity contribution in [2.24, 2.45) is 11.1 Å². The van der Waals surface area contributed by atoms with Crippen LogP contribution in [0.1, 0.15) is 58.7 Å². The molecule has 1 fully saturated rings. The molecular formula is C36H43N7O15S3. The van der Waals surface area contributed by atoms with E-state index in [2.05, 4.69) is 20.8 Å². The summed E-state index contributed by atoms with van der Waals surface area (Å²) in [4.78, 5) is 87.0. The number of thiazole rings is 1. The molecule has 0 saturated carbocycles. The molecule has 0 radical (unpaired) electrons. The molecule has 1 aromatic heterocycles. The van der Waals surface area contributed by atoms with Crippen LogP contribution in [0, 0.1) is 5.92 Å². The molecule has 2 aromatic carbocycles. The Balaban J connectivity index is 1.35. The Kier molecular flexibility index (Phi) is 15.9. The Morgan fingerprint density at radius 2 is 1.64 bits per heavy atom. The molecule has 1 unspecified atom stereocenters. The SMILES string of the molecule is CC(C)(O/N=C(\C(=O)CC1C(=O)N(S(=O)(=O)O)[C@H]1CSCCNC(=O)CN(CCCCNC(=O)c1cccc(O)c1O)C(=O)c1cccc(O)c1O)c1cnc(N)s1)C(=O)O. The third-order valence-corrected chi connectivity index (χ3v) is 11.8. The van der Waals surface area contributed by atoms with Gasteiger partial charge in [-0.05, 0) is 51.0 Å². The molecule has 1 aliphatic rings. The number of carbonyl (C=O) groups excluding carboxylic acids is 5. The lowest BCUT2D eigenvalue weighted by Gasteiger charge is -2.43. The van der Waals surface area contributed by atoms with Crippen molar-refractivity contribution in [3.8, 4) is 23.0 Å². The molecule has 1 saturated heterocycles. The fourth-order valence-corrected chi connectivity index (χ4v) is 8.39. The molecule has 330 valence electrons. The number of phenolic OH excluding ortho intramolecular Hbond substituents is 4. The lowest BCUT2D eigenvalue weighted by atomic mass is 9.86. The number of anilines is 1. The number of oxime groups is 1. The first-order valence-corrected chi connectivity index (χ1v) is 21.5. The summed E-state index contributed by atoms with van der Waals surface area (Å²) < 4.78 is 34.2. The average molecular weight is 910 g/mol. The van der Waals surface area contributed by atoms with E-state index in [-0.39, 0.29) is 63.0 Å². The fraction of sp³-hybridized carbons (Fsp3) is 0.389. The highest BCUT2D eigenvalue weighted by Crippen LogP contribution is 2.35. The van der Waals surface area contributed by atoms with Gasteiger partial charge >= 0.3 is 16.3 Å². The average Bonchev–Trinajstić information content (AvgIpc) is 3.62. The number of carbonyl (C=O) groups is 6. The number of phenols is 4. The number of carboxylic acids is 1. The van der Waals surface area contributed by atoms with Crippen molar-refractivity contribution < 1.29 is 72.1 Å². The van der Waals surface area contributed by atoms with Crippen LogP contribution in [0.25, 0.3) is 0 Å². The number of hydrogen-bond donors (Lipinski definition) is 9. The van der Waals surface area contributed by atoms with E-state index in [1.807, 2.05) is 0 Å². The fourth-order valence-electron chi connectivity index (χ4n) is 5.65. The van der Waals surface area contributed by atoms with Crippen LogP contribution in [0.4, 0.5) is 5.13 Å². The molecule has 4 rings (SSSR count). The number of nitrogens with zero attached hydrogens (tertiary/aromatic N) is 4. The van der Waals surface area contributed by atoms with Crippen molar-refractivity contribution in [3.05, 3.63) is 58.6 Å². The van der Waals surface area contributed by atoms with Crippen LogP contribution in [0.15, 0.2) is 47.8 Å². The number of benzene rings is 2. The standard InChI is InChI=1S/C36H43N7O15S3/c1-36(2,34(53)54)58-41-28(26-16-40-35(37)60-26)25(46)15-21-22(43(33(21)52)61(55,56)57)18-59-14-12-38-27(47)17-42(32(51)20-8-6-10-24(45)30(20)49)13-4-3-11-39-31(50)19-7-5-9-23(44)29(19)48/h5-10,16,21-22,44-45,48-49H,3-4,11-15,17-18H2,1-2H3,(H2,37,40)(H,38,47)(H,39,50)(H,53,54)(H,55,56,57)/b41-28+/t21?,22-/m0/s1. The number of ketones is 1. The number of amides is 4. The first-order chi connectivity index (χ1) is 28.6. The number of aliphatic carboxylic acids is 1. The molecule has 0 aliphatic carbocycles. The topological polar surface area (TPSA) is 349 Å². The summed E-state index contributed by atoms with van der Waals surface area (Å²) in [6, 6.07) is 6.42. The van der Waals surface area contributed by atoms with Crippen LogP contribution < -0.4 is 16.4 Å². The van der Waals surface area contributed by atoms with Gasteiger partial charge in [-0.25, -0.2) is 14.1 Å². The number of nitrogen functional groups attached to an aromatic ring is 1. The van der Waals surface area contributed by atoms with E-state index >= 15 is 0 Å². The Bertz CT molecular complexity index is 2300. The first-order valence-electron chi connectivity index (χ1n) is 18.1. The predicted octanol–water partition coefficient (Wildman–Crippen LogP) is 0.923. The summed E-state index contributed by atoms with van der Waals surface area (Å²) in [5.41, 5.74) is 2.97. The van der Waals surface area contributed by atoms with Crippen molar-refractivity contribution >= 4 is 79.6 Å². The van der Waals surface area contributed by atoms with E-state index in [0.29, 0.717) is 6.42 Å². The molecule has 2 atom stereocenters. The van der Waals surface area contributed by atoms with E-state index in [4.69, 9.17) is 10.6 Å². The highest BCUT2D eigenvalue weighted by Gasteiger charge is 2.53. The summed E-state index contributed by atoms with van der Waals surface area (Å²) in [5.74, 6) is -9.02. The molecular weight excluding hydrogens is 867 g/mol. The lowest BCUT2D eigenvalue weighted by molar-refractivity contribution is -0.161. The van der Waals surface area contributed by atoms with Gasteiger partial charge in [0.25, 0.3) is 11.8 Å². The van der Waals surface area contributed by atoms with E-state index in [1.54, 1.807) is 0 Å². The number of unbranched alkanes of at least 4 members (excludes halogenated alkanes) is 1. The summed E-state index contributed by atoms with van der Waals surface area (Å²) in [7, 11) is -5.05. The Hall–Kier alpha value is -6.18. The molecule has 1 aliphatic heterocycles. The number of thioether (sulfide) groups is 1. The van der Waals surface area contributed by atoms with Crippen molar-refractivity contribution in [1.29, 1.82) is 0 Å². The minimum absolute atomic E-state index is 0.0345. The van der Waals surface area contributed by atoms with Crippen LogP contribution in [0.3, 0.4) is 0 Å². The molecule has 10 N–H and O–H groups in total. The van der Waals surface area contributed by atoms with Gasteiger partial charge in [0.2, 0.25) is 17.4 Å². The largest absolute Gasteiger partial charge is 0.504 e. The highest BCUT2D eigenvalue weighted by molar-refractivity contribution is 7.99. The lowest BCUT2D eigenvalue weighted by Crippen LogP contribution is -2.64. The number of aromatic hydroxyl groups is 4. The molecule has 4 amide bonds. The molecule has 0 spiro atoms. The quantitative estimate of drug-likeness (QED) is 0.0169. The minimum atomic E-state index is -5.05. The molecule has 22 nitrogen and oxygen atoms in total. The second-order valence-corrected chi connectivity index (χ2v) is 17.3. The Labute approximate surface area is 356 Å². The van der Waals surface area contributed by atoms with Crippen LogP contribution >= 0.6 is 23.1 Å². The smallest absolute Gasteiger partial charge is 0.362 e. The monoisotopic (exact) mass is 909 g/mol. The number of carboxylic acid groups (broad SMARTS) is 1. The number of aromatic nitrogens is 1. The van der Waals surface area contributed by atoms with Gasteiger partial charge in [0.05, 0.1) is 34.5 Å². The summed E-state index contributed by atoms with van der Waals surface area (Å²) in [6.07, 6.45) is 1.10. The normalized spacial score (nSPS) is 15.4. The Morgan fingerprint density at radius 3 is 2.25 bits per heavy atom. The van der Waals surface area contributed by atoms with Crippen molar-refractivity contribution in [1.82, 2.24) is 24.8 Å². The second-order valence-electron chi connectivity index (χ2n) is 13.8. The number of β-lactam (4-membered cyclic amide) rings is 1. The van der Waals surface area contributed by atoms with Gasteiger partial charge in [-0.15, -0.1) is 0 Å². The zero-order valence-corrected chi connectivity index (χ0v) is 35.0. The third kappa shape index (κ3) is 12.2. The van der Waals surface area contributed by atoms with Crippen LogP contribution in [-0.2, 0) is 34.3 Å². The summed E-state index contributed by atoms with van der Waals surface area (Å²) in [6.45, 7) is 1.85. The molecule has 25 heteroatoms. The maximum Gasteiger partial charge on any atom is 0.362 e. The third-order valence-electron chi connectivity index (χ3n) is 8.98. The molecule has 3 aromatic rings. The van der Waals surface area contributed by atoms with Gasteiger partial charge in [-0.3, -0.25) is 28.5 Å². The maximum atomic E-state index is 13.5. The highest BCUT2D eigenvalue weighted by atomic mass is 32.2. The molecule has 2 heterocycles. The van der Waals surface area contributed by atoms with Gasteiger partial charge in [-0.2, -0.15) is 20.2 Å². The van der Waals surface area contributed by atoms with Gasteiger partial charge < -0.3 is 51.6 Å². The molecule has 0 bridgehead atoms. The van der Waals surface area contributed by atoms with Crippen molar-refractivity contribution in [3.63, 3.8) is 0 Å². The number of hydrogen-bond acceptors (Lipinski definition) is 18. The van der Waals surface area contributed by atoms with Gasteiger partial charge in [0.1, 0.15) is 0 Å². The number of rotatable bonds is 22. The molecule has 61 heavy (non-hydrogen) atoms. The first kappa shape index (κ1) is 47.5.